The topological polar surface area (TPSA) is 48.6 Å². The maximum absolute atomic E-state index is 12.9. The molecule has 3 atom stereocenters. The maximum atomic E-state index is 12.9. The van der Waals surface area contributed by atoms with Gasteiger partial charge in [0.1, 0.15) is 17.6 Å². The highest BCUT2D eigenvalue weighted by Gasteiger charge is 2.34. The number of hydrogen-bond acceptors (Lipinski definition) is 4. The fraction of sp³-hybridized carbons (Fsp3) is 0.545. The van der Waals surface area contributed by atoms with Gasteiger partial charge in [-0.05, 0) is 57.9 Å². The van der Waals surface area contributed by atoms with Gasteiger partial charge in [-0.15, -0.1) is 0 Å². The number of halogens is 6. The highest BCUT2D eigenvalue weighted by molar-refractivity contribution is 5.59. The lowest BCUT2D eigenvalue weighted by Crippen LogP contribution is -2.36. The molecule has 32 heavy (non-hydrogen) atoms. The highest BCUT2D eigenvalue weighted by atomic mass is 19.4. The molecule has 3 unspecified atom stereocenters. The Morgan fingerprint density at radius 1 is 1.28 bits per heavy atom. The van der Waals surface area contributed by atoms with Crippen LogP contribution in [0.2, 0.25) is 0 Å². The molecule has 1 aliphatic rings. The zero-order chi connectivity index (χ0) is 24.1. The minimum atomic E-state index is -4.56. The molecule has 1 aromatic carbocycles. The van der Waals surface area contributed by atoms with Crippen LogP contribution < -0.4 is 4.74 Å². The van der Waals surface area contributed by atoms with Gasteiger partial charge in [0.2, 0.25) is 0 Å². The SMILES string of the molecule is C/C=C(\N=C/CC(F)(F)F)N1C(C)CCC1CC(C)Oc1ccc(C(F)(F)F)cc1C#N. The third-order valence-corrected chi connectivity index (χ3v) is 5.21. The van der Waals surface area contributed by atoms with Crippen molar-refractivity contribution in [2.24, 2.45) is 4.99 Å². The third kappa shape index (κ3) is 6.90. The number of benzene rings is 1. The molecule has 1 aliphatic heterocycles. The van der Waals surface area contributed by atoms with E-state index in [-0.39, 0.29) is 23.4 Å². The molecule has 1 heterocycles. The Labute approximate surface area is 183 Å². The summed E-state index contributed by atoms with van der Waals surface area (Å²) in [5.41, 5.74) is -1.14. The van der Waals surface area contributed by atoms with Crippen molar-refractivity contribution in [1.29, 1.82) is 5.26 Å². The molecule has 4 nitrogen and oxygen atoms in total. The number of nitrogens with zero attached hydrogens (tertiary/aromatic N) is 3. The summed E-state index contributed by atoms with van der Waals surface area (Å²) in [7, 11) is 0. The average Bonchev–Trinajstić information content (AvgIpc) is 3.03. The van der Waals surface area contributed by atoms with Gasteiger partial charge >= 0.3 is 12.4 Å². The van der Waals surface area contributed by atoms with Gasteiger partial charge in [-0.1, -0.05) is 0 Å². The number of rotatable bonds is 7. The van der Waals surface area contributed by atoms with Gasteiger partial charge in [0.05, 0.1) is 23.7 Å². The standard InChI is InChI=1S/C22H25F6N3O/c1-4-20(30-10-9-21(23,24)25)31-14(2)5-7-18(31)11-15(3)32-19-8-6-17(22(26,27)28)12-16(19)13-29/h4,6,8,10,12,14-15,18H,5,7,9,11H2,1-3H3/b20-4+,30-10-. The zero-order valence-corrected chi connectivity index (χ0v) is 18.0. The van der Waals surface area contributed by atoms with Gasteiger partial charge in [-0.25, -0.2) is 4.99 Å². The van der Waals surface area contributed by atoms with Crippen molar-refractivity contribution in [3.63, 3.8) is 0 Å². The summed E-state index contributed by atoms with van der Waals surface area (Å²) in [5.74, 6) is 0.490. The monoisotopic (exact) mass is 461 g/mol. The third-order valence-electron chi connectivity index (χ3n) is 5.21. The number of nitriles is 1. The van der Waals surface area contributed by atoms with Crippen LogP contribution in [-0.2, 0) is 6.18 Å². The molecule has 0 aromatic heterocycles. The number of ether oxygens (including phenoxy) is 1. The smallest absolute Gasteiger partial charge is 0.416 e. The Morgan fingerprint density at radius 3 is 2.53 bits per heavy atom. The van der Waals surface area contributed by atoms with E-state index in [2.05, 4.69) is 4.99 Å². The Kier molecular flexibility index (Phi) is 8.21. The summed E-state index contributed by atoms with van der Waals surface area (Å²) in [6, 6.07) is 4.45. The largest absolute Gasteiger partial charge is 0.489 e. The van der Waals surface area contributed by atoms with E-state index in [1.54, 1.807) is 26.0 Å². The first-order valence-electron chi connectivity index (χ1n) is 10.2. The highest BCUT2D eigenvalue weighted by Crippen LogP contribution is 2.35. The fourth-order valence-corrected chi connectivity index (χ4v) is 3.79. The molecule has 0 radical (unpaired) electrons. The summed E-state index contributed by atoms with van der Waals surface area (Å²) >= 11 is 0. The first kappa shape index (κ1) is 25.6. The summed E-state index contributed by atoms with van der Waals surface area (Å²) in [4.78, 5) is 5.96. The van der Waals surface area contributed by atoms with Crippen molar-refractivity contribution < 1.29 is 31.1 Å². The van der Waals surface area contributed by atoms with E-state index < -0.39 is 30.4 Å². The van der Waals surface area contributed by atoms with Gasteiger partial charge in [0.25, 0.3) is 0 Å². The molecule has 0 aliphatic carbocycles. The van der Waals surface area contributed by atoms with Gasteiger partial charge < -0.3 is 9.64 Å². The van der Waals surface area contributed by atoms with E-state index in [1.807, 2.05) is 11.8 Å². The van der Waals surface area contributed by atoms with Crippen molar-refractivity contribution in [3.8, 4) is 11.8 Å². The minimum Gasteiger partial charge on any atom is -0.489 e. The minimum absolute atomic E-state index is 0.0556. The second-order valence-electron chi connectivity index (χ2n) is 7.75. The zero-order valence-electron chi connectivity index (χ0n) is 18.0. The van der Waals surface area contributed by atoms with Crippen molar-refractivity contribution in [1.82, 2.24) is 4.90 Å². The molecule has 0 saturated carbocycles. The predicted octanol–water partition coefficient (Wildman–Crippen LogP) is 6.47. The Hall–Kier alpha value is -2.70. The molecular formula is C22H25F6N3O. The molecule has 0 spiro atoms. The molecule has 1 aromatic rings. The van der Waals surface area contributed by atoms with Crippen molar-refractivity contribution in [2.45, 2.75) is 77.0 Å². The van der Waals surface area contributed by atoms with E-state index in [0.29, 0.717) is 12.2 Å². The summed E-state index contributed by atoms with van der Waals surface area (Å²) in [6.07, 6.45) is -5.94. The van der Waals surface area contributed by atoms with E-state index in [4.69, 9.17) is 4.74 Å². The van der Waals surface area contributed by atoms with Crippen LogP contribution in [0, 0.1) is 11.3 Å². The number of alkyl halides is 6. The normalized spacial score (nSPS) is 21.1. The van der Waals surface area contributed by atoms with Crippen molar-refractivity contribution in [2.75, 3.05) is 0 Å². The molecule has 176 valence electrons. The number of allylic oxidation sites excluding steroid dienone is 1. The summed E-state index contributed by atoms with van der Waals surface area (Å²) in [5, 5.41) is 9.22. The number of aliphatic imine (C=N–C) groups is 1. The Balaban J connectivity index is 2.11. The fourth-order valence-electron chi connectivity index (χ4n) is 3.79. The van der Waals surface area contributed by atoms with Crippen LogP contribution >= 0.6 is 0 Å². The first-order chi connectivity index (χ1) is 14.9. The lowest BCUT2D eigenvalue weighted by molar-refractivity contribution is -0.137. The molecular weight excluding hydrogens is 436 g/mol. The van der Waals surface area contributed by atoms with E-state index in [1.165, 1.54) is 0 Å². The maximum Gasteiger partial charge on any atom is 0.416 e. The Morgan fingerprint density at radius 2 is 1.97 bits per heavy atom. The summed E-state index contributed by atoms with van der Waals surface area (Å²) < 4.78 is 81.7. The summed E-state index contributed by atoms with van der Waals surface area (Å²) in [6.45, 7) is 5.39. The van der Waals surface area contributed by atoms with Crippen LogP contribution in [0.3, 0.4) is 0 Å². The average molecular weight is 461 g/mol. The molecule has 1 saturated heterocycles. The molecule has 0 amide bonds. The van der Waals surface area contributed by atoms with Crippen LogP contribution in [0.4, 0.5) is 26.3 Å². The van der Waals surface area contributed by atoms with Crippen molar-refractivity contribution >= 4 is 6.21 Å². The number of likely N-dealkylation sites (tertiary alicyclic amines) is 1. The Bertz CT molecular complexity index is 885. The van der Waals surface area contributed by atoms with Crippen LogP contribution in [0.25, 0.3) is 0 Å². The van der Waals surface area contributed by atoms with Crippen molar-refractivity contribution in [3.05, 3.63) is 41.2 Å². The quantitative estimate of drug-likeness (QED) is 0.345. The van der Waals surface area contributed by atoms with Gasteiger partial charge in [-0.2, -0.15) is 31.6 Å². The van der Waals surface area contributed by atoms with Gasteiger partial charge in [-0.3, -0.25) is 0 Å². The van der Waals surface area contributed by atoms with Crippen LogP contribution in [0.15, 0.2) is 35.1 Å². The first-order valence-corrected chi connectivity index (χ1v) is 10.2. The second-order valence-corrected chi connectivity index (χ2v) is 7.75. The van der Waals surface area contributed by atoms with Gasteiger partial charge in [0.15, 0.2) is 0 Å². The predicted molar refractivity (Wildman–Crippen MR) is 108 cm³/mol. The lowest BCUT2D eigenvalue weighted by Gasteiger charge is -2.32. The molecule has 1 fully saturated rings. The van der Waals surface area contributed by atoms with Crippen LogP contribution in [-0.4, -0.2) is 35.5 Å². The second kappa shape index (κ2) is 10.3. The van der Waals surface area contributed by atoms with E-state index >= 15 is 0 Å². The molecule has 2 rings (SSSR count). The molecule has 0 N–H and O–H groups in total. The van der Waals surface area contributed by atoms with E-state index in [0.717, 1.165) is 37.3 Å². The van der Waals surface area contributed by atoms with Crippen LogP contribution in [0.1, 0.15) is 57.6 Å². The lowest BCUT2D eigenvalue weighted by atomic mass is 10.1. The number of hydrogen-bond donors (Lipinski definition) is 0. The van der Waals surface area contributed by atoms with E-state index in [9.17, 15) is 31.6 Å². The van der Waals surface area contributed by atoms with Gasteiger partial charge in [0, 0.05) is 24.7 Å². The molecule has 10 heteroatoms. The molecule has 0 bridgehead atoms. The van der Waals surface area contributed by atoms with Crippen LogP contribution in [0.5, 0.6) is 5.75 Å².